The lowest BCUT2D eigenvalue weighted by molar-refractivity contribution is -0.129. The second kappa shape index (κ2) is 8.84. The van der Waals surface area contributed by atoms with E-state index in [1.165, 1.54) is 4.90 Å². The fourth-order valence-electron chi connectivity index (χ4n) is 3.49. The molecular weight excluding hydrogens is 380 g/mol. The average molecular weight is 407 g/mol. The van der Waals surface area contributed by atoms with Crippen LogP contribution in [0.4, 0.5) is 5.69 Å². The molecule has 0 unspecified atom stereocenters. The fourth-order valence-corrected chi connectivity index (χ4v) is 3.66. The van der Waals surface area contributed by atoms with Gasteiger partial charge in [0, 0.05) is 30.5 Å². The molecule has 0 bridgehead atoms. The number of halogens is 1. The Labute approximate surface area is 170 Å². The number of rotatable bonds is 6. The molecule has 1 aliphatic heterocycles. The maximum atomic E-state index is 12.9. The Morgan fingerprint density at radius 3 is 2.68 bits per heavy atom. The lowest BCUT2D eigenvalue weighted by atomic mass is 10.1. The molecule has 1 aromatic carbocycles. The van der Waals surface area contributed by atoms with Gasteiger partial charge in [-0.2, -0.15) is 0 Å². The predicted molar refractivity (Wildman–Crippen MR) is 111 cm³/mol. The predicted octanol–water partition coefficient (Wildman–Crippen LogP) is 2.72. The number of carbonyl (C=O) groups is 2. The first-order chi connectivity index (χ1) is 13.4. The molecule has 1 fully saturated rings. The third kappa shape index (κ3) is 4.25. The van der Waals surface area contributed by atoms with Crippen molar-refractivity contribution in [2.75, 3.05) is 39.1 Å². The third-order valence-electron chi connectivity index (χ3n) is 4.98. The summed E-state index contributed by atoms with van der Waals surface area (Å²) in [5.41, 5.74) is 1.82. The molecule has 1 aromatic heterocycles. The SMILES string of the molecule is CCOC(=O)c1c(NC2CCNCC2)c2ccc(Cl)cc2n1CC(=O)N(C)C. The van der Waals surface area contributed by atoms with Crippen LogP contribution in [-0.2, 0) is 16.1 Å². The molecule has 1 amide bonds. The highest BCUT2D eigenvalue weighted by molar-refractivity contribution is 6.31. The monoisotopic (exact) mass is 406 g/mol. The van der Waals surface area contributed by atoms with Crippen molar-refractivity contribution in [3.63, 3.8) is 0 Å². The molecule has 2 N–H and O–H groups in total. The van der Waals surface area contributed by atoms with E-state index in [1.807, 2.05) is 6.07 Å². The van der Waals surface area contributed by atoms with Gasteiger partial charge in [-0.3, -0.25) is 4.79 Å². The standard InChI is InChI=1S/C20H27ClN4O3/c1-4-28-20(27)19-18(23-14-7-9-22-10-8-14)15-6-5-13(21)11-16(15)25(19)12-17(26)24(2)3/h5-6,11,14,22-23H,4,7-10,12H2,1-3H3. The summed E-state index contributed by atoms with van der Waals surface area (Å²) in [4.78, 5) is 26.8. The number of esters is 1. The molecule has 0 spiro atoms. The Balaban J connectivity index is 2.15. The third-order valence-corrected chi connectivity index (χ3v) is 5.21. The van der Waals surface area contributed by atoms with Gasteiger partial charge in [0.05, 0.1) is 17.8 Å². The first-order valence-electron chi connectivity index (χ1n) is 9.58. The van der Waals surface area contributed by atoms with Crippen molar-refractivity contribution in [1.29, 1.82) is 0 Å². The quantitative estimate of drug-likeness (QED) is 0.721. The minimum atomic E-state index is -0.446. The zero-order chi connectivity index (χ0) is 20.3. The van der Waals surface area contributed by atoms with Gasteiger partial charge in [-0.15, -0.1) is 0 Å². The molecule has 2 heterocycles. The summed E-state index contributed by atoms with van der Waals surface area (Å²) < 4.78 is 7.04. The van der Waals surface area contributed by atoms with E-state index in [0.29, 0.717) is 16.4 Å². The topological polar surface area (TPSA) is 75.6 Å². The van der Waals surface area contributed by atoms with Crippen molar-refractivity contribution in [2.45, 2.75) is 32.4 Å². The van der Waals surface area contributed by atoms with Crippen molar-refractivity contribution in [3.05, 3.63) is 28.9 Å². The minimum absolute atomic E-state index is 0.0336. The fraction of sp³-hybridized carbons (Fsp3) is 0.500. The van der Waals surface area contributed by atoms with Crippen LogP contribution in [0.2, 0.25) is 5.02 Å². The summed E-state index contributed by atoms with van der Waals surface area (Å²) in [6.07, 6.45) is 1.91. The highest BCUT2D eigenvalue weighted by Crippen LogP contribution is 2.35. The highest BCUT2D eigenvalue weighted by Gasteiger charge is 2.27. The lowest BCUT2D eigenvalue weighted by Crippen LogP contribution is -2.35. The van der Waals surface area contributed by atoms with E-state index in [0.717, 1.165) is 36.8 Å². The first kappa shape index (κ1) is 20.5. The molecule has 1 aliphatic rings. The van der Waals surface area contributed by atoms with Crippen LogP contribution >= 0.6 is 11.6 Å². The van der Waals surface area contributed by atoms with Crippen molar-refractivity contribution >= 4 is 40.1 Å². The van der Waals surface area contributed by atoms with Crippen LogP contribution in [0, 0.1) is 0 Å². The lowest BCUT2D eigenvalue weighted by Gasteiger charge is -2.25. The Bertz CT molecular complexity index is 872. The Kier molecular flexibility index (Phi) is 6.46. The second-order valence-corrected chi connectivity index (χ2v) is 7.58. The summed E-state index contributed by atoms with van der Waals surface area (Å²) in [6.45, 7) is 3.92. The van der Waals surface area contributed by atoms with Gasteiger partial charge < -0.3 is 24.8 Å². The Morgan fingerprint density at radius 2 is 2.04 bits per heavy atom. The number of aromatic nitrogens is 1. The number of nitrogens with one attached hydrogen (secondary N) is 2. The van der Waals surface area contributed by atoms with Crippen LogP contribution < -0.4 is 10.6 Å². The molecule has 0 aliphatic carbocycles. The summed E-state index contributed by atoms with van der Waals surface area (Å²) >= 11 is 6.23. The normalized spacial score (nSPS) is 14.9. The number of benzene rings is 1. The summed E-state index contributed by atoms with van der Waals surface area (Å²) in [6, 6.07) is 5.72. The van der Waals surface area contributed by atoms with Crippen molar-refractivity contribution in [2.24, 2.45) is 0 Å². The molecule has 28 heavy (non-hydrogen) atoms. The van der Waals surface area contributed by atoms with Gasteiger partial charge in [0.15, 0.2) is 5.69 Å². The van der Waals surface area contributed by atoms with Crippen molar-refractivity contribution in [3.8, 4) is 0 Å². The average Bonchev–Trinajstić information content (AvgIpc) is 2.95. The van der Waals surface area contributed by atoms with Crippen LogP contribution in [0.15, 0.2) is 18.2 Å². The number of anilines is 1. The molecule has 2 aromatic rings. The van der Waals surface area contributed by atoms with Crippen molar-refractivity contribution < 1.29 is 14.3 Å². The summed E-state index contributed by atoms with van der Waals surface area (Å²) in [5, 5.41) is 8.29. The number of hydrogen-bond acceptors (Lipinski definition) is 5. The molecule has 0 atom stereocenters. The van der Waals surface area contributed by atoms with Gasteiger partial charge >= 0.3 is 5.97 Å². The van der Waals surface area contributed by atoms with Gasteiger partial charge in [-0.25, -0.2) is 4.79 Å². The zero-order valence-electron chi connectivity index (χ0n) is 16.5. The highest BCUT2D eigenvalue weighted by atomic mass is 35.5. The summed E-state index contributed by atoms with van der Waals surface area (Å²) in [5.74, 6) is -0.561. The van der Waals surface area contributed by atoms with Crippen LogP contribution in [0.5, 0.6) is 0 Å². The van der Waals surface area contributed by atoms with E-state index >= 15 is 0 Å². The molecule has 0 saturated carbocycles. The second-order valence-electron chi connectivity index (χ2n) is 7.15. The van der Waals surface area contributed by atoms with Gasteiger partial charge in [0.25, 0.3) is 0 Å². The van der Waals surface area contributed by atoms with Gasteiger partial charge in [-0.1, -0.05) is 11.6 Å². The number of carbonyl (C=O) groups excluding carboxylic acids is 2. The van der Waals surface area contributed by atoms with Crippen molar-refractivity contribution in [1.82, 2.24) is 14.8 Å². The largest absolute Gasteiger partial charge is 0.461 e. The van der Waals surface area contributed by atoms with E-state index in [1.54, 1.807) is 37.7 Å². The number of hydrogen-bond donors (Lipinski definition) is 2. The van der Waals surface area contributed by atoms with Crippen LogP contribution in [0.1, 0.15) is 30.3 Å². The Morgan fingerprint density at radius 1 is 1.32 bits per heavy atom. The number of piperidine rings is 1. The van der Waals surface area contributed by atoms with E-state index in [2.05, 4.69) is 10.6 Å². The van der Waals surface area contributed by atoms with E-state index in [4.69, 9.17) is 16.3 Å². The maximum Gasteiger partial charge on any atom is 0.357 e. The van der Waals surface area contributed by atoms with Gasteiger partial charge in [0.1, 0.15) is 6.54 Å². The molecule has 3 rings (SSSR count). The smallest absolute Gasteiger partial charge is 0.357 e. The number of amides is 1. The summed E-state index contributed by atoms with van der Waals surface area (Å²) in [7, 11) is 3.39. The molecule has 8 heteroatoms. The Hall–Kier alpha value is -2.25. The molecule has 152 valence electrons. The maximum absolute atomic E-state index is 12.9. The van der Waals surface area contributed by atoms with Crippen LogP contribution in [-0.4, -0.2) is 61.2 Å². The molecule has 7 nitrogen and oxygen atoms in total. The molecular formula is C20H27ClN4O3. The number of ether oxygens (including phenoxy) is 1. The first-order valence-corrected chi connectivity index (χ1v) is 9.96. The van der Waals surface area contributed by atoms with E-state index < -0.39 is 5.97 Å². The molecule has 1 saturated heterocycles. The number of fused-ring (bicyclic) bond motifs is 1. The van der Waals surface area contributed by atoms with E-state index in [9.17, 15) is 9.59 Å². The number of nitrogens with zero attached hydrogens (tertiary/aromatic N) is 2. The van der Waals surface area contributed by atoms with Crippen LogP contribution in [0.3, 0.4) is 0 Å². The van der Waals surface area contributed by atoms with Gasteiger partial charge in [-0.05, 0) is 51.1 Å². The molecule has 0 radical (unpaired) electrons. The van der Waals surface area contributed by atoms with Gasteiger partial charge in [0.2, 0.25) is 5.91 Å². The van der Waals surface area contributed by atoms with E-state index in [-0.39, 0.29) is 25.1 Å². The zero-order valence-corrected chi connectivity index (χ0v) is 17.3. The minimum Gasteiger partial charge on any atom is -0.461 e. The number of likely N-dealkylation sites (N-methyl/N-ethyl adjacent to an activating group) is 1. The van der Waals surface area contributed by atoms with Crippen LogP contribution in [0.25, 0.3) is 10.9 Å².